The van der Waals surface area contributed by atoms with E-state index in [-0.39, 0.29) is 11.5 Å². The van der Waals surface area contributed by atoms with Gasteiger partial charge in [-0.2, -0.15) is 0 Å². The van der Waals surface area contributed by atoms with Crippen molar-refractivity contribution in [2.75, 3.05) is 9.80 Å². The van der Waals surface area contributed by atoms with Gasteiger partial charge in [-0.05, 0) is 122 Å². The highest BCUT2D eigenvalue weighted by Gasteiger charge is 2.36. The first kappa shape index (κ1) is 39.9. The van der Waals surface area contributed by atoms with Crippen molar-refractivity contribution in [1.82, 2.24) is 0 Å². The summed E-state index contributed by atoms with van der Waals surface area (Å²) in [5, 5.41) is 0. The van der Waals surface area contributed by atoms with Crippen molar-refractivity contribution in [3.8, 4) is 44.5 Å². The molecule has 1 unspecified atom stereocenters. The Kier molecular flexibility index (Phi) is 10.4. The Morgan fingerprint density at radius 2 is 0.923 bits per heavy atom. The Hall–Kier alpha value is -7.94. The zero-order valence-corrected chi connectivity index (χ0v) is 36.9. The van der Waals surface area contributed by atoms with Gasteiger partial charge < -0.3 is 9.80 Å². The summed E-state index contributed by atoms with van der Waals surface area (Å²) in [5.74, 6) is 0. The minimum absolute atomic E-state index is 0.107. The number of benzene rings is 9. The van der Waals surface area contributed by atoms with Crippen molar-refractivity contribution in [2.45, 2.75) is 31.7 Å². The molecule has 312 valence electrons. The molecule has 2 heteroatoms. The van der Waals surface area contributed by atoms with Gasteiger partial charge in [-0.3, -0.25) is 0 Å². The van der Waals surface area contributed by atoms with E-state index in [1.807, 2.05) is 0 Å². The normalized spacial score (nSPS) is 14.6. The summed E-state index contributed by atoms with van der Waals surface area (Å²) in [4.78, 5) is 4.97. The molecule has 2 aliphatic carbocycles. The fraction of sp³-hybridized carbons (Fsp3) is 0.0794. The third-order valence-electron chi connectivity index (χ3n) is 13.4. The second kappa shape index (κ2) is 17.0. The van der Waals surface area contributed by atoms with Crippen LogP contribution in [0.1, 0.15) is 37.0 Å². The third-order valence-corrected chi connectivity index (χ3v) is 13.4. The van der Waals surface area contributed by atoms with Gasteiger partial charge >= 0.3 is 0 Å². The zero-order chi connectivity index (χ0) is 43.7. The molecular weight excluding hydrogens is 785 g/mol. The lowest BCUT2D eigenvalue weighted by Gasteiger charge is -2.34. The van der Waals surface area contributed by atoms with Gasteiger partial charge in [0.15, 0.2) is 0 Å². The molecule has 1 atom stereocenters. The first-order chi connectivity index (χ1) is 32.0. The zero-order valence-electron chi connectivity index (χ0n) is 36.9. The summed E-state index contributed by atoms with van der Waals surface area (Å²) in [5.41, 5.74) is 20.5. The molecule has 0 bridgehead atoms. The first-order valence-corrected chi connectivity index (χ1v) is 22.8. The van der Waals surface area contributed by atoms with Crippen LogP contribution in [0.2, 0.25) is 0 Å². The van der Waals surface area contributed by atoms with Gasteiger partial charge in [-0.25, -0.2) is 0 Å². The standard InChI is InChI=1S/C63H50N2/c1-63(2)60-29-17-15-27-56(60)57-42-40-54(44-61(57)63)65(50-25-13-6-14-26-50)62-30-18-16-28-58(62)55-41-39-53(43-59(55)49-23-11-5-12-24-49)64(51-35-31-47(32-36-51)45-19-7-3-8-20-45)52-37-33-48(34-38-52)46-21-9-4-10-22-46/h3-37,39-44,52H,38H2,1-2H3. The predicted octanol–water partition coefficient (Wildman–Crippen LogP) is 17.0. The highest BCUT2D eigenvalue weighted by Crippen LogP contribution is 2.52. The molecule has 0 aromatic heterocycles. The number of allylic oxidation sites excluding steroid dienone is 2. The van der Waals surface area contributed by atoms with Crippen LogP contribution in [0, 0.1) is 0 Å². The number of anilines is 5. The Labute approximate surface area is 383 Å². The lowest BCUT2D eigenvalue weighted by Crippen LogP contribution is -2.30. The van der Waals surface area contributed by atoms with Crippen LogP contribution in [0.25, 0.3) is 50.1 Å². The molecule has 0 amide bonds. The maximum absolute atomic E-state index is 2.52. The van der Waals surface area contributed by atoms with Gasteiger partial charge in [-0.15, -0.1) is 0 Å². The van der Waals surface area contributed by atoms with Crippen LogP contribution in [-0.4, -0.2) is 6.04 Å². The Morgan fingerprint density at radius 1 is 0.385 bits per heavy atom. The average Bonchev–Trinajstić information content (AvgIpc) is 3.61. The van der Waals surface area contributed by atoms with Crippen molar-refractivity contribution in [1.29, 1.82) is 0 Å². The number of rotatable bonds is 10. The van der Waals surface area contributed by atoms with Crippen LogP contribution in [0.3, 0.4) is 0 Å². The van der Waals surface area contributed by atoms with Gasteiger partial charge in [0.25, 0.3) is 0 Å². The van der Waals surface area contributed by atoms with Gasteiger partial charge in [-0.1, -0.05) is 208 Å². The maximum atomic E-state index is 2.52. The van der Waals surface area contributed by atoms with Crippen LogP contribution < -0.4 is 9.80 Å². The Balaban J connectivity index is 1.05. The van der Waals surface area contributed by atoms with E-state index in [1.165, 1.54) is 61.2 Å². The molecule has 0 spiro atoms. The average molecular weight is 835 g/mol. The highest BCUT2D eigenvalue weighted by atomic mass is 15.2. The molecule has 0 radical (unpaired) electrons. The first-order valence-electron chi connectivity index (χ1n) is 22.8. The van der Waals surface area contributed by atoms with Crippen molar-refractivity contribution in [3.05, 3.63) is 265 Å². The lowest BCUT2D eigenvalue weighted by atomic mass is 9.82. The number of nitrogens with zero attached hydrogens (tertiary/aromatic N) is 2. The summed E-state index contributed by atoms with van der Waals surface area (Å²) in [7, 11) is 0. The van der Waals surface area contributed by atoms with Crippen molar-refractivity contribution in [2.24, 2.45) is 0 Å². The molecule has 2 nitrogen and oxygen atoms in total. The summed E-state index contributed by atoms with van der Waals surface area (Å²) in [6.07, 6.45) is 7.95. The highest BCUT2D eigenvalue weighted by molar-refractivity contribution is 5.96. The molecule has 65 heavy (non-hydrogen) atoms. The second-order valence-corrected chi connectivity index (χ2v) is 17.7. The minimum atomic E-state index is -0.125. The summed E-state index contributed by atoms with van der Waals surface area (Å²) in [6, 6.07) is 84.2. The smallest absolute Gasteiger partial charge is 0.0560 e. The number of hydrogen-bond donors (Lipinski definition) is 0. The Bertz CT molecular complexity index is 3180. The lowest BCUT2D eigenvalue weighted by molar-refractivity contribution is 0.660. The topological polar surface area (TPSA) is 6.48 Å². The molecule has 9 aromatic rings. The van der Waals surface area contributed by atoms with E-state index in [9.17, 15) is 0 Å². The predicted molar refractivity (Wildman–Crippen MR) is 276 cm³/mol. The summed E-state index contributed by atoms with van der Waals surface area (Å²) < 4.78 is 0. The summed E-state index contributed by atoms with van der Waals surface area (Å²) in [6.45, 7) is 4.72. The van der Waals surface area contributed by atoms with Gasteiger partial charge in [0, 0.05) is 33.7 Å². The van der Waals surface area contributed by atoms with Gasteiger partial charge in [0.1, 0.15) is 0 Å². The molecule has 0 fully saturated rings. The largest absolute Gasteiger partial charge is 0.334 e. The number of para-hydroxylation sites is 2. The third kappa shape index (κ3) is 7.47. The van der Waals surface area contributed by atoms with E-state index in [0.717, 1.165) is 40.4 Å². The molecule has 0 saturated heterocycles. The monoisotopic (exact) mass is 834 g/mol. The summed E-state index contributed by atoms with van der Waals surface area (Å²) >= 11 is 0. The van der Waals surface area contributed by atoms with Crippen LogP contribution in [0.5, 0.6) is 0 Å². The molecule has 0 N–H and O–H groups in total. The van der Waals surface area contributed by atoms with Crippen LogP contribution in [0.15, 0.2) is 249 Å². The second-order valence-electron chi connectivity index (χ2n) is 17.7. The molecule has 11 rings (SSSR count). The molecule has 9 aromatic carbocycles. The van der Waals surface area contributed by atoms with E-state index in [1.54, 1.807) is 0 Å². The molecule has 2 aliphatic rings. The molecule has 0 heterocycles. The SMILES string of the molecule is CC1(C)c2ccccc2-c2ccc(N(c3ccccc3)c3ccccc3-c3ccc(N(c4ccc(-c5ccccc5)cc4)C4C=CC(c5ccccc5)=CC4)cc3-c3ccccc3)cc21. The Morgan fingerprint density at radius 3 is 1.62 bits per heavy atom. The van der Waals surface area contributed by atoms with Crippen molar-refractivity contribution in [3.63, 3.8) is 0 Å². The van der Waals surface area contributed by atoms with E-state index in [0.29, 0.717) is 0 Å². The fourth-order valence-corrected chi connectivity index (χ4v) is 10.1. The number of hydrogen-bond acceptors (Lipinski definition) is 2. The molecular formula is C63H50N2. The fourth-order valence-electron chi connectivity index (χ4n) is 10.1. The van der Waals surface area contributed by atoms with E-state index < -0.39 is 0 Å². The molecule has 0 saturated carbocycles. The quantitative estimate of drug-likeness (QED) is 0.135. The van der Waals surface area contributed by atoms with E-state index in [4.69, 9.17) is 0 Å². The van der Waals surface area contributed by atoms with Gasteiger partial charge in [0.05, 0.1) is 11.7 Å². The minimum Gasteiger partial charge on any atom is -0.334 e. The van der Waals surface area contributed by atoms with Crippen LogP contribution >= 0.6 is 0 Å². The number of fused-ring (bicyclic) bond motifs is 3. The van der Waals surface area contributed by atoms with E-state index in [2.05, 4.69) is 272 Å². The van der Waals surface area contributed by atoms with Crippen molar-refractivity contribution < 1.29 is 0 Å². The van der Waals surface area contributed by atoms with E-state index >= 15 is 0 Å². The van der Waals surface area contributed by atoms with Crippen LogP contribution in [0.4, 0.5) is 28.4 Å². The molecule has 0 aliphatic heterocycles. The maximum Gasteiger partial charge on any atom is 0.0560 e. The van der Waals surface area contributed by atoms with Crippen LogP contribution in [-0.2, 0) is 5.41 Å². The van der Waals surface area contributed by atoms with Crippen molar-refractivity contribution >= 4 is 34.0 Å². The van der Waals surface area contributed by atoms with Gasteiger partial charge in [0.2, 0.25) is 0 Å².